The fraction of sp³-hybridized carbons (Fsp3) is 0.875. The van der Waals surface area contributed by atoms with Gasteiger partial charge in [0.1, 0.15) is 6.04 Å². The summed E-state index contributed by atoms with van der Waals surface area (Å²) in [5.41, 5.74) is 0. The lowest BCUT2D eigenvalue weighted by Crippen LogP contribution is -2.46. The third kappa shape index (κ3) is 2.19. The minimum absolute atomic E-state index is 0.186. The first-order valence-electron chi connectivity index (χ1n) is 4.12. The molecular weight excluding hydrogens is 158 g/mol. The normalized spacial score (nSPS) is 29.8. The zero-order chi connectivity index (χ0) is 8.97. The van der Waals surface area contributed by atoms with Gasteiger partial charge in [-0.25, -0.2) is 0 Å². The summed E-state index contributed by atoms with van der Waals surface area (Å²) in [6.07, 6.45) is 1.86. The summed E-state index contributed by atoms with van der Waals surface area (Å²) in [7, 11) is 3.07. The van der Waals surface area contributed by atoms with Crippen molar-refractivity contribution in [1.29, 1.82) is 0 Å². The average molecular weight is 173 g/mol. The van der Waals surface area contributed by atoms with Gasteiger partial charge in [-0.3, -0.25) is 4.79 Å². The largest absolute Gasteiger partial charge is 0.468 e. The summed E-state index contributed by atoms with van der Waals surface area (Å²) in [6, 6.07) is -0.186. The molecule has 4 nitrogen and oxygen atoms in total. The highest BCUT2D eigenvalue weighted by atomic mass is 16.5. The summed E-state index contributed by atoms with van der Waals surface area (Å²) in [6.45, 7) is 0.818. The van der Waals surface area contributed by atoms with Gasteiger partial charge in [0.25, 0.3) is 0 Å². The van der Waals surface area contributed by atoms with E-state index in [0.717, 1.165) is 13.0 Å². The number of carbonyl (C=O) groups excluding carboxylic acids is 1. The van der Waals surface area contributed by atoms with Crippen molar-refractivity contribution < 1.29 is 14.3 Å². The molecule has 0 aromatic heterocycles. The van der Waals surface area contributed by atoms with E-state index in [1.165, 1.54) is 7.11 Å². The summed E-state index contributed by atoms with van der Waals surface area (Å²) < 4.78 is 9.79. The Balaban J connectivity index is 2.40. The number of rotatable bonds is 2. The monoisotopic (exact) mass is 173 g/mol. The van der Waals surface area contributed by atoms with Gasteiger partial charge in [-0.05, 0) is 19.4 Å². The van der Waals surface area contributed by atoms with Crippen LogP contribution in [0.2, 0.25) is 0 Å². The Labute approximate surface area is 72.2 Å². The second kappa shape index (κ2) is 4.42. The molecule has 0 aromatic rings. The quantitative estimate of drug-likeness (QED) is 0.594. The molecular formula is C8H15NO3. The van der Waals surface area contributed by atoms with Gasteiger partial charge in [-0.2, -0.15) is 0 Å². The van der Waals surface area contributed by atoms with Gasteiger partial charge >= 0.3 is 5.97 Å². The van der Waals surface area contributed by atoms with Crippen LogP contribution in [0.1, 0.15) is 12.8 Å². The number of carbonyl (C=O) groups is 1. The van der Waals surface area contributed by atoms with E-state index < -0.39 is 0 Å². The van der Waals surface area contributed by atoms with Crippen LogP contribution < -0.4 is 5.32 Å². The molecule has 0 amide bonds. The molecule has 0 spiro atoms. The van der Waals surface area contributed by atoms with Crippen LogP contribution in [0.25, 0.3) is 0 Å². The van der Waals surface area contributed by atoms with E-state index in [1.54, 1.807) is 7.11 Å². The van der Waals surface area contributed by atoms with Crippen LogP contribution in [0.5, 0.6) is 0 Å². The molecule has 2 unspecified atom stereocenters. The summed E-state index contributed by atoms with van der Waals surface area (Å²) in [4.78, 5) is 11.1. The lowest BCUT2D eigenvalue weighted by atomic mass is 10.0. The van der Waals surface area contributed by atoms with E-state index in [-0.39, 0.29) is 18.1 Å². The van der Waals surface area contributed by atoms with Gasteiger partial charge in [0.05, 0.1) is 13.2 Å². The highest BCUT2D eigenvalue weighted by Gasteiger charge is 2.26. The fourth-order valence-electron chi connectivity index (χ4n) is 1.42. The molecule has 1 rings (SSSR count). The van der Waals surface area contributed by atoms with Crippen molar-refractivity contribution in [2.45, 2.75) is 25.0 Å². The number of nitrogens with one attached hydrogen (secondary N) is 1. The van der Waals surface area contributed by atoms with Gasteiger partial charge in [0, 0.05) is 7.11 Å². The Morgan fingerprint density at radius 2 is 2.25 bits per heavy atom. The van der Waals surface area contributed by atoms with E-state index in [0.29, 0.717) is 6.42 Å². The molecule has 1 aliphatic heterocycles. The zero-order valence-corrected chi connectivity index (χ0v) is 7.50. The van der Waals surface area contributed by atoms with Crippen LogP contribution in [0.4, 0.5) is 0 Å². The van der Waals surface area contributed by atoms with Crippen molar-refractivity contribution in [3.05, 3.63) is 0 Å². The number of ether oxygens (including phenoxy) is 2. The van der Waals surface area contributed by atoms with Crippen LogP contribution in [-0.4, -0.2) is 38.9 Å². The smallest absolute Gasteiger partial charge is 0.322 e. The number of methoxy groups -OCH3 is 2. The predicted molar refractivity (Wildman–Crippen MR) is 43.8 cm³/mol. The van der Waals surface area contributed by atoms with Crippen molar-refractivity contribution >= 4 is 5.97 Å². The van der Waals surface area contributed by atoms with Crippen molar-refractivity contribution in [1.82, 2.24) is 5.32 Å². The number of hydrogen-bond acceptors (Lipinski definition) is 4. The topological polar surface area (TPSA) is 47.6 Å². The Hall–Kier alpha value is -0.610. The lowest BCUT2D eigenvalue weighted by molar-refractivity contribution is -0.145. The molecule has 1 fully saturated rings. The molecule has 0 aliphatic carbocycles. The molecule has 0 radical (unpaired) electrons. The first kappa shape index (κ1) is 9.48. The third-order valence-electron chi connectivity index (χ3n) is 2.17. The van der Waals surface area contributed by atoms with Crippen molar-refractivity contribution in [3.63, 3.8) is 0 Å². The van der Waals surface area contributed by atoms with Crippen LogP contribution in [-0.2, 0) is 14.3 Å². The van der Waals surface area contributed by atoms with Gasteiger partial charge in [-0.1, -0.05) is 0 Å². The van der Waals surface area contributed by atoms with E-state index in [4.69, 9.17) is 4.74 Å². The van der Waals surface area contributed by atoms with Crippen LogP contribution in [0.3, 0.4) is 0 Å². The first-order chi connectivity index (χ1) is 5.77. The summed E-state index contributed by atoms with van der Waals surface area (Å²) in [5, 5.41) is 3.08. The van der Waals surface area contributed by atoms with E-state index in [1.807, 2.05) is 0 Å². The highest BCUT2D eigenvalue weighted by Crippen LogP contribution is 2.12. The molecule has 2 atom stereocenters. The zero-order valence-electron chi connectivity index (χ0n) is 7.50. The van der Waals surface area contributed by atoms with Crippen molar-refractivity contribution in [2.75, 3.05) is 20.8 Å². The number of hydrogen-bond donors (Lipinski definition) is 1. The molecule has 0 aromatic carbocycles. The second-order valence-electron chi connectivity index (χ2n) is 2.91. The second-order valence-corrected chi connectivity index (χ2v) is 2.91. The first-order valence-corrected chi connectivity index (χ1v) is 4.12. The molecule has 4 heteroatoms. The Morgan fingerprint density at radius 1 is 1.50 bits per heavy atom. The molecule has 12 heavy (non-hydrogen) atoms. The SMILES string of the molecule is COC(=O)C1CC(OC)CCN1. The highest BCUT2D eigenvalue weighted by molar-refractivity contribution is 5.75. The lowest BCUT2D eigenvalue weighted by Gasteiger charge is -2.27. The Kier molecular flexibility index (Phi) is 3.49. The van der Waals surface area contributed by atoms with Crippen LogP contribution in [0, 0.1) is 0 Å². The average Bonchev–Trinajstić information content (AvgIpc) is 2.17. The molecule has 1 saturated heterocycles. The maximum absolute atomic E-state index is 11.1. The summed E-state index contributed by atoms with van der Waals surface area (Å²) >= 11 is 0. The fourth-order valence-corrected chi connectivity index (χ4v) is 1.42. The van der Waals surface area contributed by atoms with Gasteiger partial charge < -0.3 is 14.8 Å². The predicted octanol–water partition coefficient (Wildman–Crippen LogP) is -0.0736. The molecule has 0 saturated carbocycles. The van der Waals surface area contributed by atoms with Gasteiger partial charge in [-0.15, -0.1) is 0 Å². The third-order valence-corrected chi connectivity index (χ3v) is 2.17. The minimum Gasteiger partial charge on any atom is -0.468 e. The van der Waals surface area contributed by atoms with Crippen LogP contribution >= 0.6 is 0 Å². The number of piperidine rings is 1. The summed E-state index contributed by atoms with van der Waals surface area (Å²) in [5.74, 6) is -0.197. The Bertz CT molecular complexity index is 160. The number of esters is 1. The minimum atomic E-state index is -0.197. The Morgan fingerprint density at radius 3 is 2.83 bits per heavy atom. The van der Waals surface area contributed by atoms with Gasteiger partial charge in [0.15, 0.2) is 0 Å². The van der Waals surface area contributed by atoms with E-state index >= 15 is 0 Å². The standard InChI is InChI=1S/C8H15NO3/c1-11-6-3-4-9-7(5-6)8(10)12-2/h6-7,9H,3-5H2,1-2H3. The molecule has 70 valence electrons. The van der Waals surface area contributed by atoms with E-state index in [2.05, 4.69) is 10.1 Å². The molecule has 1 heterocycles. The molecule has 1 aliphatic rings. The maximum Gasteiger partial charge on any atom is 0.322 e. The van der Waals surface area contributed by atoms with E-state index in [9.17, 15) is 4.79 Å². The molecule has 1 N–H and O–H groups in total. The molecule has 0 bridgehead atoms. The van der Waals surface area contributed by atoms with Crippen LogP contribution in [0.15, 0.2) is 0 Å². The maximum atomic E-state index is 11.1. The van der Waals surface area contributed by atoms with Crippen molar-refractivity contribution in [3.8, 4) is 0 Å². The van der Waals surface area contributed by atoms with Gasteiger partial charge in [0.2, 0.25) is 0 Å². The van der Waals surface area contributed by atoms with Crippen molar-refractivity contribution in [2.24, 2.45) is 0 Å².